The fourth-order valence-electron chi connectivity index (χ4n) is 3.74. The molecule has 1 atom stereocenters. The lowest BCUT2D eigenvalue weighted by Crippen LogP contribution is -2.31. The highest BCUT2D eigenvalue weighted by Gasteiger charge is 2.29. The van der Waals surface area contributed by atoms with E-state index in [1.54, 1.807) is 0 Å². The zero-order valence-corrected chi connectivity index (χ0v) is 17.7. The summed E-state index contributed by atoms with van der Waals surface area (Å²) in [6.45, 7) is 0.185. The van der Waals surface area contributed by atoms with Crippen molar-refractivity contribution in [2.45, 2.75) is 18.4 Å². The first kappa shape index (κ1) is 19.7. The monoisotopic (exact) mass is 471 g/mol. The van der Waals surface area contributed by atoms with Crippen LogP contribution >= 0.6 is 27.3 Å². The summed E-state index contributed by atoms with van der Waals surface area (Å²) in [6.07, 6.45) is -0.851. The van der Waals surface area contributed by atoms with Gasteiger partial charge >= 0.3 is 12.1 Å². The maximum absolute atomic E-state index is 12.5. The van der Waals surface area contributed by atoms with Gasteiger partial charge in [0.2, 0.25) is 0 Å². The van der Waals surface area contributed by atoms with Gasteiger partial charge in [0, 0.05) is 15.8 Å². The second-order valence-electron chi connectivity index (χ2n) is 6.80. The number of nitrogens with one attached hydrogen (secondary N) is 1. The Hall–Kier alpha value is -2.64. The molecule has 1 aromatic heterocycles. The summed E-state index contributed by atoms with van der Waals surface area (Å²) in [7, 11) is 0. The van der Waals surface area contributed by atoms with Crippen LogP contribution in [0.2, 0.25) is 0 Å². The van der Waals surface area contributed by atoms with Crippen molar-refractivity contribution >= 4 is 39.3 Å². The number of fused-ring (bicyclic) bond motifs is 3. The molecule has 0 spiro atoms. The van der Waals surface area contributed by atoms with Crippen LogP contribution in [0.15, 0.2) is 63.8 Å². The fraction of sp³-hybridized carbons (Fsp3) is 0.182. The van der Waals surface area contributed by atoms with Crippen LogP contribution in [-0.4, -0.2) is 23.8 Å². The second kappa shape index (κ2) is 8.39. The minimum absolute atomic E-state index is 0.0426. The Kier molecular flexibility index (Phi) is 5.69. The van der Waals surface area contributed by atoms with Crippen LogP contribution in [0, 0.1) is 0 Å². The third kappa shape index (κ3) is 4.06. The van der Waals surface area contributed by atoms with Gasteiger partial charge in [-0.2, -0.15) is 11.3 Å². The Labute approximate surface area is 180 Å². The molecule has 0 saturated heterocycles. The third-order valence-electron chi connectivity index (χ3n) is 5.03. The van der Waals surface area contributed by atoms with E-state index in [1.807, 2.05) is 35.0 Å². The molecule has 1 unspecified atom stereocenters. The summed E-state index contributed by atoms with van der Waals surface area (Å²) < 4.78 is 6.31. The smallest absolute Gasteiger partial charge is 0.407 e. The number of thiophene rings is 1. The molecule has 0 aliphatic heterocycles. The number of rotatable bonds is 6. The molecule has 0 bridgehead atoms. The zero-order valence-electron chi connectivity index (χ0n) is 15.3. The van der Waals surface area contributed by atoms with Crippen LogP contribution < -0.4 is 5.32 Å². The minimum Gasteiger partial charge on any atom is -0.481 e. The van der Waals surface area contributed by atoms with E-state index in [1.165, 1.54) is 11.3 Å². The van der Waals surface area contributed by atoms with Gasteiger partial charge < -0.3 is 15.2 Å². The molecule has 1 heterocycles. The number of hydrogen-bond acceptors (Lipinski definition) is 4. The number of aliphatic carboxylic acids is 1. The average Bonchev–Trinajstić information content (AvgIpc) is 3.27. The summed E-state index contributed by atoms with van der Waals surface area (Å²) >= 11 is 4.84. The van der Waals surface area contributed by atoms with E-state index >= 15 is 0 Å². The topological polar surface area (TPSA) is 75.6 Å². The summed E-state index contributed by atoms with van der Waals surface area (Å²) in [5.41, 5.74) is 5.30. The van der Waals surface area contributed by atoms with Crippen LogP contribution in [0.4, 0.5) is 4.79 Å². The standard InChI is InChI=1S/C22H18BrNO4S/c23-19-12-29-11-18(19)20(9-21(25)26)24-22(27)28-10-17-15-7-3-1-5-13(15)14-6-2-4-8-16(14)17/h1-8,11-12,17,20H,9-10H2,(H,24,27)(H,25,26). The van der Waals surface area contributed by atoms with Crippen LogP contribution in [0.5, 0.6) is 0 Å². The number of halogens is 1. The van der Waals surface area contributed by atoms with Crippen molar-refractivity contribution in [1.29, 1.82) is 0 Å². The Bertz CT molecular complexity index is 1020. The molecule has 0 radical (unpaired) electrons. The molecule has 0 saturated carbocycles. The molecular weight excluding hydrogens is 454 g/mol. The van der Waals surface area contributed by atoms with Crippen molar-refractivity contribution in [3.63, 3.8) is 0 Å². The SMILES string of the molecule is O=C(O)CC(NC(=O)OCC1c2ccccc2-c2ccccc21)c1cscc1Br. The predicted molar refractivity (Wildman–Crippen MR) is 115 cm³/mol. The van der Waals surface area contributed by atoms with Crippen LogP contribution in [0.1, 0.15) is 35.1 Å². The molecule has 2 N–H and O–H groups in total. The Balaban J connectivity index is 1.48. The van der Waals surface area contributed by atoms with Gasteiger partial charge in [0.1, 0.15) is 6.61 Å². The number of hydrogen-bond donors (Lipinski definition) is 2. The number of benzene rings is 2. The number of carbonyl (C=O) groups is 2. The van der Waals surface area contributed by atoms with Gasteiger partial charge in [-0.25, -0.2) is 4.79 Å². The summed E-state index contributed by atoms with van der Waals surface area (Å²) in [5.74, 6) is -1.04. The molecule has 1 aliphatic carbocycles. The molecule has 4 rings (SSSR count). The summed E-state index contributed by atoms with van der Waals surface area (Å²) in [5, 5.41) is 15.6. The lowest BCUT2D eigenvalue weighted by atomic mass is 9.98. The average molecular weight is 472 g/mol. The van der Waals surface area contributed by atoms with Gasteiger partial charge in [0.05, 0.1) is 12.5 Å². The number of alkyl carbamates (subject to hydrolysis) is 1. The van der Waals surface area contributed by atoms with E-state index in [9.17, 15) is 14.7 Å². The van der Waals surface area contributed by atoms with E-state index in [-0.39, 0.29) is 18.9 Å². The molecule has 3 aromatic rings. The maximum Gasteiger partial charge on any atom is 0.407 e. The van der Waals surface area contributed by atoms with Gasteiger partial charge in [0.25, 0.3) is 0 Å². The molecule has 7 heteroatoms. The first-order valence-corrected chi connectivity index (χ1v) is 10.8. The molecule has 1 amide bonds. The van der Waals surface area contributed by atoms with Crippen molar-refractivity contribution in [3.8, 4) is 11.1 Å². The quantitative estimate of drug-likeness (QED) is 0.492. The van der Waals surface area contributed by atoms with Crippen LogP contribution in [0.25, 0.3) is 11.1 Å². The van der Waals surface area contributed by atoms with Crippen molar-refractivity contribution < 1.29 is 19.4 Å². The van der Waals surface area contributed by atoms with Gasteiger partial charge in [-0.3, -0.25) is 4.79 Å². The molecular formula is C22H18BrNO4S. The van der Waals surface area contributed by atoms with Crippen molar-refractivity contribution in [3.05, 3.63) is 80.5 Å². The summed E-state index contributed by atoms with van der Waals surface area (Å²) in [6, 6.07) is 15.6. The third-order valence-corrected chi connectivity index (χ3v) is 6.78. The lowest BCUT2D eigenvalue weighted by Gasteiger charge is -2.19. The minimum atomic E-state index is -0.993. The van der Waals surface area contributed by atoms with Gasteiger partial charge in [-0.05, 0) is 49.1 Å². The number of carbonyl (C=O) groups excluding carboxylic acids is 1. The Morgan fingerprint density at radius 3 is 2.24 bits per heavy atom. The molecule has 1 aliphatic rings. The first-order chi connectivity index (χ1) is 14.0. The van der Waals surface area contributed by atoms with Crippen LogP contribution in [-0.2, 0) is 9.53 Å². The van der Waals surface area contributed by atoms with Crippen molar-refractivity contribution in [2.24, 2.45) is 0 Å². The molecule has 29 heavy (non-hydrogen) atoms. The number of amides is 1. The van der Waals surface area contributed by atoms with Gasteiger partial charge in [0.15, 0.2) is 0 Å². The maximum atomic E-state index is 12.5. The normalized spacial score (nSPS) is 13.4. The molecule has 2 aromatic carbocycles. The van der Waals surface area contributed by atoms with E-state index < -0.39 is 18.1 Å². The van der Waals surface area contributed by atoms with E-state index in [2.05, 4.69) is 45.5 Å². The first-order valence-electron chi connectivity index (χ1n) is 9.09. The number of ether oxygens (including phenoxy) is 1. The van der Waals surface area contributed by atoms with E-state index in [0.29, 0.717) is 0 Å². The highest BCUT2D eigenvalue weighted by molar-refractivity contribution is 9.10. The second-order valence-corrected chi connectivity index (χ2v) is 8.39. The highest BCUT2D eigenvalue weighted by Crippen LogP contribution is 2.44. The molecule has 148 valence electrons. The zero-order chi connectivity index (χ0) is 20.4. The lowest BCUT2D eigenvalue weighted by molar-refractivity contribution is -0.137. The number of carboxylic acids is 1. The predicted octanol–water partition coefficient (Wildman–Crippen LogP) is 5.57. The molecule has 0 fully saturated rings. The fourth-order valence-corrected chi connectivity index (χ4v) is 5.36. The highest BCUT2D eigenvalue weighted by atomic mass is 79.9. The Morgan fingerprint density at radius 2 is 1.69 bits per heavy atom. The van der Waals surface area contributed by atoms with Crippen molar-refractivity contribution in [2.75, 3.05) is 6.61 Å². The van der Waals surface area contributed by atoms with E-state index in [4.69, 9.17) is 4.74 Å². The van der Waals surface area contributed by atoms with Crippen molar-refractivity contribution in [1.82, 2.24) is 5.32 Å². The van der Waals surface area contributed by atoms with Gasteiger partial charge in [-0.15, -0.1) is 0 Å². The summed E-state index contributed by atoms with van der Waals surface area (Å²) in [4.78, 5) is 23.7. The molecule has 5 nitrogen and oxygen atoms in total. The Morgan fingerprint density at radius 1 is 1.07 bits per heavy atom. The largest absolute Gasteiger partial charge is 0.481 e. The number of carboxylic acid groups (broad SMARTS) is 1. The van der Waals surface area contributed by atoms with Gasteiger partial charge in [-0.1, -0.05) is 48.5 Å². The van der Waals surface area contributed by atoms with Crippen LogP contribution in [0.3, 0.4) is 0 Å². The van der Waals surface area contributed by atoms with E-state index in [0.717, 1.165) is 32.3 Å².